The molecule has 41 heavy (non-hydrogen) atoms. The Hall–Kier alpha value is -2.36. The first-order valence-electron chi connectivity index (χ1n) is 12.8. The summed E-state index contributed by atoms with van der Waals surface area (Å²) in [7, 11) is -2.70. The first kappa shape index (κ1) is 31.6. The molecule has 14 heteroatoms. The molecule has 0 spiro atoms. The molecule has 1 aromatic heterocycles. The summed E-state index contributed by atoms with van der Waals surface area (Å²) in [4.78, 5) is 2.02. The number of anilines is 1. The number of hydrogen-bond acceptors (Lipinski definition) is 11. The van der Waals surface area contributed by atoms with Crippen molar-refractivity contribution in [2.24, 2.45) is 0 Å². The van der Waals surface area contributed by atoms with Crippen molar-refractivity contribution < 1.29 is 41.6 Å². The monoisotopic (exact) mass is 641 g/mol. The maximum Gasteiger partial charge on any atom is 0.263 e. The molecule has 0 N–H and O–H groups in total. The summed E-state index contributed by atoms with van der Waals surface area (Å²) in [6.07, 6.45) is 5.58. The lowest BCUT2D eigenvalue weighted by atomic mass is 10.1. The lowest BCUT2D eigenvalue weighted by Gasteiger charge is -2.18. The predicted octanol–water partition coefficient (Wildman–Crippen LogP) is 4.89. The van der Waals surface area contributed by atoms with Crippen LogP contribution in [-0.2, 0) is 26.0 Å². The number of benzene rings is 2. The number of hydrogen-bond donors (Lipinski definition) is 0. The van der Waals surface area contributed by atoms with Crippen LogP contribution < -0.4 is 24.2 Å². The third-order valence-corrected chi connectivity index (χ3v) is 9.15. The molecule has 2 aromatic carbocycles. The molecule has 0 bridgehead atoms. The Kier molecular flexibility index (Phi) is 10.9. The van der Waals surface area contributed by atoms with Crippen molar-refractivity contribution in [3.8, 4) is 11.5 Å². The number of rotatable bonds is 14. The van der Waals surface area contributed by atoms with E-state index in [1.54, 1.807) is 24.5 Å². The molecular weight excluding hydrogens is 612 g/mol. The summed E-state index contributed by atoms with van der Waals surface area (Å²) < 4.78 is 53.0. The van der Waals surface area contributed by atoms with E-state index >= 15 is 0 Å². The smallest absolute Gasteiger partial charge is 0.263 e. The number of fused-ring (bicyclic) bond motifs is 2. The topological polar surface area (TPSA) is 124 Å². The Bertz CT molecular complexity index is 1560. The summed E-state index contributed by atoms with van der Waals surface area (Å²) in [5.41, 5.74) is 3.70. The molecule has 0 unspecified atom stereocenters. The molecular formula is C27H30ClN2O8S3-. The number of nitrogens with zero attached hydrogens (tertiary/aromatic N) is 2. The van der Waals surface area contributed by atoms with E-state index in [-0.39, 0.29) is 6.42 Å². The van der Waals surface area contributed by atoms with Gasteiger partial charge in [0, 0.05) is 65.8 Å². The first-order chi connectivity index (χ1) is 19.6. The van der Waals surface area contributed by atoms with Crippen LogP contribution in [0.4, 0.5) is 5.69 Å². The van der Waals surface area contributed by atoms with Gasteiger partial charge in [-0.3, -0.25) is 5.04 Å². The average molecular weight is 642 g/mol. The number of halogens is 1. The van der Waals surface area contributed by atoms with Gasteiger partial charge >= 0.3 is 0 Å². The van der Waals surface area contributed by atoms with E-state index in [9.17, 15) is 18.2 Å². The minimum Gasteiger partial charge on any atom is -0.748 e. The van der Waals surface area contributed by atoms with Crippen molar-refractivity contribution in [1.82, 2.24) is 0 Å². The molecule has 10 nitrogen and oxygen atoms in total. The Morgan fingerprint density at radius 3 is 2.78 bits per heavy atom. The van der Waals surface area contributed by atoms with Gasteiger partial charge < -0.3 is 24.2 Å². The molecule has 0 saturated carbocycles. The second-order valence-electron chi connectivity index (χ2n) is 9.23. The predicted molar refractivity (Wildman–Crippen MR) is 158 cm³/mol. The maximum atomic E-state index is 11.3. The highest BCUT2D eigenvalue weighted by Crippen LogP contribution is 2.41. The van der Waals surface area contributed by atoms with E-state index in [0.717, 1.165) is 49.8 Å². The highest BCUT2D eigenvalue weighted by Gasteiger charge is 2.27. The van der Waals surface area contributed by atoms with E-state index < -0.39 is 15.9 Å². The number of aromatic nitrogens is 1. The van der Waals surface area contributed by atoms with Crippen molar-refractivity contribution in [2.45, 2.75) is 39.7 Å². The average Bonchev–Trinajstić information content (AvgIpc) is 3.43. The van der Waals surface area contributed by atoms with E-state index in [0.29, 0.717) is 48.3 Å². The minimum absolute atomic E-state index is 0.197. The highest BCUT2D eigenvalue weighted by molar-refractivity contribution is 7.94. The van der Waals surface area contributed by atoms with Gasteiger partial charge in [-0.1, -0.05) is 29.9 Å². The highest BCUT2D eigenvalue weighted by atomic mass is 35.5. The normalized spacial score (nSPS) is 14.6. The summed E-state index contributed by atoms with van der Waals surface area (Å²) in [5.74, 6) is 2.17. The SMILES string of the molecule is CCC(/C=C1\Oc2ccc(Cl)cc2N1CCCSOO[O-])=C\c1sc2cc(OC)c(C)cc2[n+]1CCCS(=O)(=O)[O-]. The molecule has 2 heterocycles. The van der Waals surface area contributed by atoms with Crippen molar-refractivity contribution in [2.75, 3.05) is 30.1 Å². The van der Waals surface area contributed by atoms with Gasteiger partial charge in [-0.15, -0.1) is 0 Å². The molecule has 0 amide bonds. The molecule has 4 rings (SSSR count). The van der Waals surface area contributed by atoms with Crippen LogP contribution in [0.5, 0.6) is 11.5 Å². The fraction of sp³-hybridized carbons (Fsp3) is 0.370. The van der Waals surface area contributed by atoms with Crippen LogP contribution in [0.2, 0.25) is 5.02 Å². The molecule has 222 valence electrons. The zero-order chi connectivity index (χ0) is 29.6. The van der Waals surface area contributed by atoms with Gasteiger partial charge in [0.25, 0.3) is 5.01 Å². The van der Waals surface area contributed by atoms with Crippen LogP contribution >= 0.6 is 35.0 Å². The van der Waals surface area contributed by atoms with Gasteiger partial charge in [0.05, 0.1) is 22.9 Å². The molecule has 1 aliphatic heterocycles. The zero-order valence-corrected chi connectivity index (χ0v) is 26.0. The minimum atomic E-state index is -4.32. The lowest BCUT2D eigenvalue weighted by molar-refractivity contribution is -0.777. The van der Waals surface area contributed by atoms with Crippen LogP contribution in [0.15, 0.2) is 47.9 Å². The van der Waals surface area contributed by atoms with Crippen molar-refractivity contribution in [1.29, 1.82) is 0 Å². The molecule has 0 aliphatic carbocycles. The van der Waals surface area contributed by atoms with Crippen molar-refractivity contribution >= 4 is 67.1 Å². The Morgan fingerprint density at radius 2 is 2.07 bits per heavy atom. The second kappa shape index (κ2) is 14.2. The quantitative estimate of drug-likeness (QED) is 0.0600. The summed E-state index contributed by atoms with van der Waals surface area (Å²) in [6, 6.07) is 9.42. The van der Waals surface area contributed by atoms with Crippen molar-refractivity contribution in [3.05, 3.63) is 63.5 Å². The van der Waals surface area contributed by atoms with Crippen LogP contribution in [0.25, 0.3) is 16.3 Å². The van der Waals surface area contributed by atoms with Crippen LogP contribution in [0.3, 0.4) is 0 Å². The summed E-state index contributed by atoms with van der Waals surface area (Å²) in [6.45, 7) is 4.94. The van der Waals surface area contributed by atoms with Gasteiger partial charge in [0.15, 0.2) is 12.3 Å². The Balaban J connectivity index is 1.70. The fourth-order valence-electron chi connectivity index (χ4n) is 4.50. The molecule has 0 radical (unpaired) electrons. The van der Waals surface area contributed by atoms with Crippen LogP contribution in [0, 0.1) is 6.92 Å². The Labute approximate surface area is 252 Å². The number of allylic oxidation sites excluding steroid dienone is 2. The number of aryl methyl sites for hydroxylation is 2. The fourth-order valence-corrected chi connectivity index (χ4v) is 6.68. The number of ether oxygens (including phenoxy) is 2. The standard InChI is InChI=1S/C27H31ClN2O8S3/c1-4-19(14-26-29(9-5-11-39-38-37-31)21-16-20(28)7-8-23(21)36-26)15-27-30(10-6-12-41(32,33)34)22-13-18(2)24(35-3)17-25(22)40-27/h7-8,13-17H,4-6,9-12H2,1-3H3,(H-,31,32,33,34)/p-1. The van der Waals surface area contributed by atoms with Gasteiger partial charge in [-0.2, -0.15) is 8.90 Å². The molecule has 0 fully saturated rings. The van der Waals surface area contributed by atoms with E-state index in [1.165, 1.54) is 0 Å². The molecule has 0 saturated heterocycles. The van der Waals surface area contributed by atoms with Gasteiger partial charge in [-0.05, 0) is 49.1 Å². The largest absolute Gasteiger partial charge is 0.748 e. The molecule has 0 atom stereocenters. The molecule has 3 aromatic rings. The second-order valence-corrected chi connectivity index (χ2v) is 13.0. The van der Waals surface area contributed by atoms with E-state index in [4.69, 9.17) is 21.1 Å². The number of methoxy groups -OCH3 is 1. The maximum absolute atomic E-state index is 11.3. The lowest BCUT2D eigenvalue weighted by Crippen LogP contribution is -2.36. The zero-order valence-electron chi connectivity index (χ0n) is 22.8. The van der Waals surface area contributed by atoms with Crippen LogP contribution in [-0.4, -0.2) is 38.1 Å². The summed E-state index contributed by atoms with van der Waals surface area (Å²) in [5, 5.41) is 15.0. The van der Waals surface area contributed by atoms with Gasteiger partial charge in [-0.25, -0.2) is 8.42 Å². The Morgan fingerprint density at radius 1 is 1.27 bits per heavy atom. The number of thiazole rings is 1. The van der Waals surface area contributed by atoms with E-state index in [2.05, 4.69) is 15.4 Å². The van der Waals surface area contributed by atoms with Gasteiger partial charge in [0.1, 0.15) is 10.4 Å². The first-order valence-corrected chi connectivity index (χ1v) is 16.5. The van der Waals surface area contributed by atoms with E-state index in [1.807, 2.05) is 53.7 Å². The third-order valence-electron chi connectivity index (χ3n) is 6.43. The van der Waals surface area contributed by atoms with Gasteiger partial charge in [0.2, 0.25) is 11.4 Å². The van der Waals surface area contributed by atoms with Crippen LogP contribution in [0.1, 0.15) is 36.8 Å². The molecule has 1 aliphatic rings. The van der Waals surface area contributed by atoms with Crippen molar-refractivity contribution in [3.63, 3.8) is 0 Å². The third kappa shape index (κ3) is 8.14. The summed E-state index contributed by atoms with van der Waals surface area (Å²) >= 11 is 8.77.